The number of hydrogen-bond donors (Lipinski definition) is 2. The molecule has 0 aliphatic carbocycles. The first-order valence-corrected chi connectivity index (χ1v) is 8.86. The average Bonchev–Trinajstić information content (AvgIpc) is 3.24. The van der Waals surface area contributed by atoms with E-state index in [1.807, 2.05) is 17.5 Å². The number of benzene rings is 1. The summed E-state index contributed by atoms with van der Waals surface area (Å²) in [6.07, 6.45) is 0. The maximum atomic E-state index is 12.3. The van der Waals surface area contributed by atoms with Gasteiger partial charge in [0.2, 0.25) is 0 Å². The fourth-order valence-corrected chi connectivity index (χ4v) is 3.84. The van der Waals surface area contributed by atoms with Gasteiger partial charge in [-0.1, -0.05) is 51.1 Å². The van der Waals surface area contributed by atoms with Crippen molar-refractivity contribution in [3.8, 4) is 10.6 Å². The molecule has 24 heavy (non-hydrogen) atoms. The molecule has 1 aliphatic heterocycles. The Labute approximate surface area is 144 Å². The third kappa shape index (κ3) is 2.36. The zero-order chi connectivity index (χ0) is 16.9. The van der Waals surface area contributed by atoms with Crippen molar-refractivity contribution in [3.63, 3.8) is 0 Å². The van der Waals surface area contributed by atoms with Crippen LogP contribution in [0.15, 0.2) is 41.8 Å². The number of rotatable bonds is 2. The van der Waals surface area contributed by atoms with Crippen LogP contribution in [0.25, 0.3) is 10.6 Å². The largest absolute Gasteiger partial charge is 0.340 e. The molecule has 2 N–H and O–H groups in total. The zero-order valence-corrected chi connectivity index (χ0v) is 14.7. The number of H-pyrrole nitrogens is 1. The normalized spacial score (nSPS) is 17.0. The van der Waals surface area contributed by atoms with Crippen LogP contribution in [0.2, 0.25) is 0 Å². The number of aromatic amines is 1. The van der Waals surface area contributed by atoms with Crippen molar-refractivity contribution >= 4 is 17.2 Å². The van der Waals surface area contributed by atoms with Gasteiger partial charge in [-0.15, -0.1) is 11.3 Å². The molecule has 1 aliphatic rings. The molecule has 1 amide bonds. The minimum atomic E-state index is -0.155. The molecule has 1 unspecified atom stereocenters. The summed E-state index contributed by atoms with van der Waals surface area (Å²) in [6.45, 7) is 6.59. The van der Waals surface area contributed by atoms with E-state index in [9.17, 15) is 4.79 Å². The standard InChI is InChI=1S/C19H19N3OS/c1-19(2,3)12-8-6-11(7-9-12)15-14-16(13-5-4-10-24-13)21-22-17(14)18(23)20-15/h4-10,15H,1-3H3,(H,20,23)(H,21,22). The van der Waals surface area contributed by atoms with E-state index in [0.29, 0.717) is 5.69 Å². The van der Waals surface area contributed by atoms with E-state index in [4.69, 9.17) is 0 Å². The van der Waals surface area contributed by atoms with E-state index < -0.39 is 0 Å². The zero-order valence-electron chi connectivity index (χ0n) is 13.9. The van der Waals surface area contributed by atoms with Crippen molar-refractivity contribution < 1.29 is 4.79 Å². The number of aromatic nitrogens is 2. The number of nitrogens with zero attached hydrogens (tertiary/aromatic N) is 1. The third-order valence-electron chi connectivity index (χ3n) is 4.46. The minimum Gasteiger partial charge on any atom is -0.340 e. The molecule has 3 heterocycles. The Hall–Kier alpha value is -2.40. The van der Waals surface area contributed by atoms with Crippen LogP contribution in [-0.4, -0.2) is 16.1 Å². The number of carbonyl (C=O) groups is 1. The molecule has 2 aromatic heterocycles. The highest BCUT2D eigenvalue weighted by molar-refractivity contribution is 7.13. The average molecular weight is 337 g/mol. The fraction of sp³-hybridized carbons (Fsp3) is 0.263. The van der Waals surface area contributed by atoms with Gasteiger partial charge >= 0.3 is 0 Å². The van der Waals surface area contributed by atoms with E-state index in [2.05, 4.69) is 60.6 Å². The molecule has 122 valence electrons. The summed E-state index contributed by atoms with van der Waals surface area (Å²) in [5, 5.41) is 12.4. The molecule has 0 bridgehead atoms. The van der Waals surface area contributed by atoms with E-state index in [1.54, 1.807) is 11.3 Å². The van der Waals surface area contributed by atoms with Crippen LogP contribution in [0.4, 0.5) is 0 Å². The Balaban J connectivity index is 1.77. The SMILES string of the molecule is CC(C)(C)c1ccc(C2NC(=O)c3n[nH]c(-c4cccs4)c32)cc1. The predicted molar refractivity (Wildman–Crippen MR) is 96.4 cm³/mol. The Morgan fingerprint density at radius 3 is 2.50 bits per heavy atom. The number of amides is 1. The van der Waals surface area contributed by atoms with Crippen LogP contribution in [0.1, 0.15) is 54.0 Å². The Bertz CT molecular complexity index is 886. The molecule has 0 saturated heterocycles. The number of hydrogen-bond acceptors (Lipinski definition) is 3. The summed E-state index contributed by atoms with van der Waals surface area (Å²) in [5.41, 5.74) is 4.86. The van der Waals surface area contributed by atoms with Gasteiger partial charge in [-0.25, -0.2) is 0 Å². The first-order valence-electron chi connectivity index (χ1n) is 7.98. The second-order valence-electron chi connectivity index (χ2n) is 7.12. The maximum absolute atomic E-state index is 12.3. The molecule has 0 fully saturated rings. The van der Waals surface area contributed by atoms with Crippen LogP contribution in [-0.2, 0) is 5.41 Å². The van der Waals surface area contributed by atoms with E-state index in [-0.39, 0.29) is 17.4 Å². The summed E-state index contributed by atoms with van der Waals surface area (Å²) in [5.74, 6) is -0.117. The Morgan fingerprint density at radius 1 is 1.12 bits per heavy atom. The summed E-state index contributed by atoms with van der Waals surface area (Å²) >= 11 is 1.64. The third-order valence-corrected chi connectivity index (χ3v) is 5.35. The van der Waals surface area contributed by atoms with Gasteiger partial charge in [0, 0.05) is 5.56 Å². The summed E-state index contributed by atoms with van der Waals surface area (Å²) in [6, 6.07) is 12.4. The molecule has 1 aromatic carbocycles. The van der Waals surface area contributed by atoms with Gasteiger partial charge in [0.05, 0.1) is 16.6 Å². The monoisotopic (exact) mass is 337 g/mol. The maximum Gasteiger partial charge on any atom is 0.272 e. The molecule has 0 radical (unpaired) electrons. The lowest BCUT2D eigenvalue weighted by atomic mass is 9.86. The number of carbonyl (C=O) groups excluding carboxylic acids is 1. The molecule has 3 aromatic rings. The summed E-state index contributed by atoms with van der Waals surface area (Å²) in [4.78, 5) is 13.4. The molecule has 0 spiro atoms. The molecule has 0 saturated carbocycles. The number of thiophene rings is 1. The lowest BCUT2D eigenvalue weighted by Gasteiger charge is -2.20. The Morgan fingerprint density at radius 2 is 1.88 bits per heavy atom. The Kier molecular flexibility index (Phi) is 3.35. The first-order chi connectivity index (χ1) is 11.4. The van der Waals surface area contributed by atoms with Gasteiger partial charge in [0.25, 0.3) is 5.91 Å². The van der Waals surface area contributed by atoms with Gasteiger partial charge < -0.3 is 5.32 Å². The van der Waals surface area contributed by atoms with Gasteiger partial charge in [-0.2, -0.15) is 5.10 Å². The molecular formula is C19H19N3OS. The van der Waals surface area contributed by atoms with Gasteiger partial charge in [0.15, 0.2) is 5.69 Å². The molecular weight excluding hydrogens is 318 g/mol. The van der Waals surface area contributed by atoms with Crippen molar-refractivity contribution in [2.24, 2.45) is 0 Å². The molecule has 4 rings (SSSR count). The smallest absolute Gasteiger partial charge is 0.272 e. The van der Waals surface area contributed by atoms with Crippen LogP contribution in [0.5, 0.6) is 0 Å². The molecule has 4 nitrogen and oxygen atoms in total. The van der Waals surface area contributed by atoms with Gasteiger partial charge in [-0.05, 0) is 28.0 Å². The fourth-order valence-electron chi connectivity index (χ4n) is 3.11. The van der Waals surface area contributed by atoms with Crippen LogP contribution < -0.4 is 5.32 Å². The predicted octanol–water partition coefficient (Wildman–Crippen LogP) is 4.27. The van der Waals surface area contributed by atoms with E-state index >= 15 is 0 Å². The van der Waals surface area contributed by atoms with Crippen molar-refractivity contribution in [2.45, 2.75) is 32.2 Å². The molecule has 5 heteroatoms. The summed E-state index contributed by atoms with van der Waals surface area (Å²) < 4.78 is 0. The minimum absolute atomic E-state index is 0.111. The lowest BCUT2D eigenvalue weighted by molar-refractivity contribution is 0.0955. The summed E-state index contributed by atoms with van der Waals surface area (Å²) in [7, 11) is 0. The highest BCUT2D eigenvalue weighted by Gasteiger charge is 2.36. The van der Waals surface area contributed by atoms with Gasteiger partial charge in [0.1, 0.15) is 0 Å². The van der Waals surface area contributed by atoms with Crippen molar-refractivity contribution in [1.29, 1.82) is 0 Å². The lowest BCUT2D eigenvalue weighted by Crippen LogP contribution is -2.21. The number of fused-ring (bicyclic) bond motifs is 1. The quantitative estimate of drug-likeness (QED) is 0.734. The van der Waals surface area contributed by atoms with Crippen molar-refractivity contribution in [1.82, 2.24) is 15.5 Å². The second-order valence-corrected chi connectivity index (χ2v) is 8.06. The highest BCUT2D eigenvalue weighted by atomic mass is 32.1. The van der Waals surface area contributed by atoms with E-state index in [1.165, 1.54) is 5.56 Å². The van der Waals surface area contributed by atoms with E-state index in [0.717, 1.165) is 21.7 Å². The first kappa shape index (κ1) is 15.1. The van der Waals surface area contributed by atoms with Crippen LogP contribution in [0.3, 0.4) is 0 Å². The van der Waals surface area contributed by atoms with Crippen molar-refractivity contribution in [2.75, 3.05) is 0 Å². The number of nitrogens with one attached hydrogen (secondary N) is 2. The van der Waals surface area contributed by atoms with Crippen LogP contribution >= 0.6 is 11.3 Å². The van der Waals surface area contributed by atoms with Crippen molar-refractivity contribution in [3.05, 3.63) is 64.2 Å². The van der Waals surface area contributed by atoms with Crippen LogP contribution in [0, 0.1) is 0 Å². The molecule has 1 atom stereocenters. The van der Waals surface area contributed by atoms with Gasteiger partial charge in [-0.3, -0.25) is 9.89 Å². The highest BCUT2D eigenvalue weighted by Crippen LogP contribution is 2.38. The second kappa shape index (κ2) is 5.31. The topological polar surface area (TPSA) is 57.8 Å².